The van der Waals surface area contributed by atoms with E-state index in [-0.39, 0.29) is 6.42 Å². The highest BCUT2D eigenvalue weighted by molar-refractivity contribution is 5.66. The number of hydrogen-bond acceptors (Lipinski definition) is 4. The van der Waals surface area contributed by atoms with Gasteiger partial charge in [0.25, 0.3) is 0 Å². The zero-order valence-electron chi connectivity index (χ0n) is 11.8. The molecule has 0 bridgehead atoms. The van der Waals surface area contributed by atoms with Crippen molar-refractivity contribution in [1.82, 2.24) is 9.97 Å². The molecule has 0 aliphatic rings. The van der Waals surface area contributed by atoms with Crippen LogP contribution in [0.3, 0.4) is 0 Å². The van der Waals surface area contributed by atoms with Crippen LogP contribution < -0.4 is 5.32 Å². The molecule has 0 amide bonds. The van der Waals surface area contributed by atoms with E-state index >= 15 is 0 Å². The van der Waals surface area contributed by atoms with Gasteiger partial charge >= 0.3 is 5.97 Å². The number of aliphatic carboxylic acids is 1. The summed E-state index contributed by atoms with van der Waals surface area (Å²) in [6, 6.07) is 9.64. The predicted molar refractivity (Wildman–Crippen MR) is 82.1 cm³/mol. The van der Waals surface area contributed by atoms with Crippen molar-refractivity contribution in [3.8, 4) is 11.4 Å². The van der Waals surface area contributed by atoms with Crippen molar-refractivity contribution in [2.75, 3.05) is 11.9 Å². The van der Waals surface area contributed by atoms with Crippen molar-refractivity contribution in [3.05, 3.63) is 42.7 Å². The Morgan fingerprint density at radius 2 is 1.90 bits per heavy atom. The van der Waals surface area contributed by atoms with E-state index < -0.39 is 5.97 Å². The third-order valence-electron chi connectivity index (χ3n) is 3.08. The molecular weight excluding hydrogens is 266 g/mol. The van der Waals surface area contributed by atoms with E-state index in [0.717, 1.165) is 42.9 Å². The average Bonchev–Trinajstić information content (AvgIpc) is 2.52. The second kappa shape index (κ2) is 7.99. The van der Waals surface area contributed by atoms with Gasteiger partial charge in [-0.1, -0.05) is 12.5 Å². The Bertz CT molecular complexity index is 573. The number of rotatable bonds is 8. The summed E-state index contributed by atoms with van der Waals surface area (Å²) in [4.78, 5) is 19.0. The molecule has 2 aromatic heterocycles. The zero-order chi connectivity index (χ0) is 14.9. The van der Waals surface area contributed by atoms with E-state index in [1.807, 2.05) is 30.3 Å². The molecule has 5 nitrogen and oxygen atoms in total. The number of aromatic nitrogens is 2. The molecule has 5 heteroatoms. The first-order valence-electron chi connectivity index (χ1n) is 7.09. The highest BCUT2D eigenvalue weighted by Gasteiger charge is 2.01. The quantitative estimate of drug-likeness (QED) is 0.728. The summed E-state index contributed by atoms with van der Waals surface area (Å²) >= 11 is 0. The fourth-order valence-electron chi connectivity index (χ4n) is 2.01. The molecule has 0 unspecified atom stereocenters. The minimum Gasteiger partial charge on any atom is -0.481 e. The van der Waals surface area contributed by atoms with Crippen LogP contribution in [0, 0.1) is 0 Å². The van der Waals surface area contributed by atoms with E-state index in [1.165, 1.54) is 0 Å². The maximum Gasteiger partial charge on any atom is 0.303 e. The Hall–Kier alpha value is -2.43. The number of carbonyl (C=O) groups is 1. The lowest BCUT2D eigenvalue weighted by molar-refractivity contribution is -0.137. The smallest absolute Gasteiger partial charge is 0.303 e. The monoisotopic (exact) mass is 285 g/mol. The number of pyridine rings is 2. The van der Waals surface area contributed by atoms with Gasteiger partial charge in [-0.05, 0) is 37.1 Å². The first kappa shape index (κ1) is 15.0. The largest absolute Gasteiger partial charge is 0.481 e. The highest BCUT2D eigenvalue weighted by Crippen LogP contribution is 2.17. The molecule has 2 heterocycles. The lowest BCUT2D eigenvalue weighted by Gasteiger charge is -2.07. The van der Waals surface area contributed by atoms with E-state index in [1.54, 1.807) is 12.4 Å². The molecule has 2 aromatic rings. The van der Waals surface area contributed by atoms with E-state index in [4.69, 9.17) is 5.11 Å². The summed E-state index contributed by atoms with van der Waals surface area (Å²) in [6.45, 7) is 0.825. The minimum atomic E-state index is -0.725. The molecule has 0 radical (unpaired) electrons. The third-order valence-corrected chi connectivity index (χ3v) is 3.08. The molecule has 2 rings (SSSR count). The Morgan fingerprint density at radius 3 is 2.67 bits per heavy atom. The van der Waals surface area contributed by atoms with Gasteiger partial charge in [-0.2, -0.15) is 0 Å². The molecule has 0 aromatic carbocycles. The number of nitrogens with zero attached hydrogens (tertiary/aromatic N) is 2. The van der Waals surface area contributed by atoms with Crippen molar-refractivity contribution in [1.29, 1.82) is 0 Å². The molecule has 0 saturated carbocycles. The van der Waals surface area contributed by atoms with Crippen LogP contribution >= 0.6 is 0 Å². The zero-order valence-corrected chi connectivity index (χ0v) is 11.8. The summed E-state index contributed by atoms with van der Waals surface area (Å²) in [5, 5.41) is 11.9. The molecule has 2 N–H and O–H groups in total. The molecule has 0 aliphatic carbocycles. The fourth-order valence-corrected chi connectivity index (χ4v) is 2.01. The van der Waals surface area contributed by atoms with Crippen LogP contribution in [-0.4, -0.2) is 27.6 Å². The Kier molecular flexibility index (Phi) is 5.70. The number of anilines is 1. The average molecular weight is 285 g/mol. The lowest BCUT2D eigenvalue weighted by Crippen LogP contribution is -2.02. The summed E-state index contributed by atoms with van der Waals surface area (Å²) in [6.07, 6.45) is 6.36. The maximum absolute atomic E-state index is 10.4. The number of nitrogens with one attached hydrogen (secondary N) is 1. The summed E-state index contributed by atoms with van der Waals surface area (Å²) < 4.78 is 0. The van der Waals surface area contributed by atoms with E-state index in [9.17, 15) is 4.79 Å². The van der Waals surface area contributed by atoms with Crippen LogP contribution in [0.15, 0.2) is 42.7 Å². The Morgan fingerprint density at radius 1 is 1.05 bits per heavy atom. The van der Waals surface area contributed by atoms with E-state index in [2.05, 4.69) is 15.3 Å². The molecule has 21 heavy (non-hydrogen) atoms. The highest BCUT2D eigenvalue weighted by atomic mass is 16.4. The first-order chi connectivity index (χ1) is 10.3. The van der Waals surface area contributed by atoms with Gasteiger partial charge in [0.1, 0.15) is 0 Å². The van der Waals surface area contributed by atoms with Gasteiger partial charge in [0.05, 0.1) is 11.4 Å². The molecule has 0 atom stereocenters. The standard InChI is InChI=1S/C16H19N3O2/c20-16(21)7-2-1-4-9-17-13-8-11-19-15(12-13)14-6-3-5-10-18-14/h3,5-6,8,10-12H,1-2,4,7,9H2,(H,17,19)(H,20,21). The second-order valence-corrected chi connectivity index (χ2v) is 4.78. The van der Waals surface area contributed by atoms with Crippen LogP contribution in [0.2, 0.25) is 0 Å². The van der Waals surface area contributed by atoms with Crippen LogP contribution in [0.1, 0.15) is 25.7 Å². The normalized spacial score (nSPS) is 10.3. The minimum absolute atomic E-state index is 0.249. The molecule has 0 saturated heterocycles. The topological polar surface area (TPSA) is 75.1 Å². The maximum atomic E-state index is 10.4. The van der Waals surface area contributed by atoms with Crippen molar-refractivity contribution >= 4 is 11.7 Å². The Balaban J connectivity index is 1.81. The Labute approximate surface area is 124 Å². The lowest BCUT2D eigenvalue weighted by atomic mass is 10.2. The number of carboxylic acid groups (broad SMARTS) is 1. The van der Waals surface area contributed by atoms with Crippen molar-refractivity contribution in [3.63, 3.8) is 0 Å². The van der Waals surface area contributed by atoms with Gasteiger partial charge in [-0.25, -0.2) is 0 Å². The molecule has 0 fully saturated rings. The van der Waals surface area contributed by atoms with Gasteiger partial charge in [-0.15, -0.1) is 0 Å². The predicted octanol–water partition coefficient (Wildman–Crippen LogP) is 3.20. The van der Waals surface area contributed by atoms with Crippen molar-refractivity contribution in [2.45, 2.75) is 25.7 Å². The SMILES string of the molecule is O=C(O)CCCCCNc1ccnc(-c2ccccn2)c1. The van der Waals surface area contributed by atoms with Crippen molar-refractivity contribution in [2.24, 2.45) is 0 Å². The van der Waals surface area contributed by atoms with Gasteiger partial charge in [0, 0.05) is 31.0 Å². The summed E-state index contributed by atoms with van der Waals surface area (Å²) in [5.41, 5.74) is 2.69. The van der Waals surface area contributed by atoms with Gasteiger partial charge in [0.15, 0.2) is 0 Å². The van der Waals surface area contributed by atoms with Crippen LogP contribution in [0.25, 0.3) is 11.4 Å². The van der Waals surface area contributed by atoms with Crippen LogP contribution in [-0.2, 0) is 4.79 Å². The number of unbranched alkanes of at least 4 members (excludes halogenated alkanes) is 2. The van der Waals surface area contributed by atoms with Crippen LogP contribution in [0.4, 0.5) is 5.69 Å². The molecule has 110 valence electrons. The second-order valence-electron chi connectivity index (χ2n) is 4.78. The van der Waals surface area contributed by atoms with Gasteiger partial charge in [0.2, 0.25) is 0 Å². The number of hydrogen-bond donors (Lipinski definition) is 2. The summed E-state index contributed by atoms with van der Waals surface area (Å²) in [7, 11) is 0. The number of carboxylic acids is 1. The van der Waals surface area contributed by atoms with Gasteiger partial charge in [-0.3, -0.25) is 14.8 Å². The summed E-state index contributed by atoms with van der Waals surface area (Å²) in [5.74, 6) is -0.725. The van der Waals surface area contributed by atoms with Crippen LogP contribution in [0.5, 0.6) is 0 Å². The molecular formula is C16H19N3O2. The molecule has 0 aliphatic heterocycles. The third kappa shape index (κ3) is 5.22. The first-order valence-corrected chi connectivity index (χ1v) is 7.09. The fraction of sp³-hybridized carbons (Fsp3) is 0.312. The van der Waals surface area contributed by atoms with Crippen molar-refractivity contribution < 1.29 is 9.90 Å². The molecule has 0 spiro atoms. The van der Waals surface area contributed by atoms with E-state index in [0.29, 0.717) is 0 Å². The van der Waals surface area contributed by atoms with Gasteiger partial charge < -0.3 is 10.4 Å².